The molecule has 1 aromatic heterocycles. The molecule has 3 rings (SSSR count). The Morgan fingerprint density at radius 1 is 1.33 bits per heavy atom. The van der Waals surface area contributed by atoms with Crippen molar-refractivity contribution >= 4 is 17.5 Å². The molecule has 1 aliphatic heterocycles. The van der Waals surface area contributed by atoms with Crippen molar-refractivity contribution in [2.45, 2.75) is 6.42 Å². The normalized spacial score (nSPS) is 18.0. The van der Waals surface area contributed by atoms with E-state index >= 15 is 0 Å². The first-order chi connectivity index (χ1) is 10.1. The van der Waals surface area contributed by atoms with Crippen molar-refractivity contribution in [3.63, 3.8) is 0 Å². The smallest absolute Gasteiger partial charge is 0.229 e. The van der Waals surface area contributed by atoms with Gasteiger partial charge >= 0.3 is 0 Å². The molecule has 2 amide bonds. The van der Waals surface area contributed by atoms with Crippen molar-refractivity contribution < 1.29 is 9.59 Å². The molecule has 2 heterocycles. The van der Waals surface area contributed by atoms with Crippen molar-refractivity contribution in [2.75, 3.05) is 18.9 Å². The Labute approximate surface area is 120 Å². The Kier molecular flexibility index (Phi) is 3.35. The summed E-state index contributed by atoms with van der Waals surface area (Å²) in [5.74, 6) is -0.422. The van der Waals surface area contributed by atoms with Gasteiger partial charge in [0.25, 0.3) is 0 Å². The van der Waals surface area contributed by atoms with Gasteiger partial charge in [0.1, 0.15) is 6.33 Å². The third-order valence-corrected chi connectivity index (χ3v) is 3.46. The van der Waals surface area contributed by atoms with Crippen LogP contribution in [0.15, 0.2) is 30.6 Å². The van der Waals surface area contributed by atoms with Crippen LogP contribution in [0.25, 0.3) is 5.69 Å². The summed E-state index contributed by atoms with van der Waals surface area (Å²) in [6.07, 6.45) is 1.76. The lowest BCUT2D eigenvalue weighted by Gasteiger charge is -2.11. The fourth-order valence-corrected chi connectivity index (χ4v) is 2.26. The first-order valence-corrected chi connectivity index (χ1v) is 6.52. The molecule has 1 unspecified atom stereocenters. The SMILES string of the molecule is CN1CC(C(=O)Nc2ccc(-n3cnnn3)cc2)CC1=O. The third kappa shape index (κ3) is 2.73. The Bertz CT molecular complexity index is 652. The first-order valence-electron chi connectivity index (χ1n) is 6.52. The summed E-state index contributed by atoms with van der Waals surface area (Å²) in [7, 11) is 1.70. The largest absolute Gasteiger partial charge is 0.345 e. The minimum Gasteiger partial charge on any atom is -0.345 e. The second-order valence-corrected chi connectivity index (χ2v) is 4.97. The number of aromatic nitrogens is 4. The maximum Gasteiger partial charge on any atom is 0.229 e. The van der Waals surface area contributed by atoms with Gasteiger partial charge in [0, 0.05) is 25.7 Å². The standard InChI is InChI=1S/C13H14N6O2/c1-18-7-9(6-12(18)20)13(21)15-10-2-4-11(5-3-10)19-8-14-16-17-19/h2-5,8-9H,6-7H2,1H3,(H,15,21). The molecule has 1 aliphatic rings. The zero-order valence-corrected chi connectivity index (χ0v) is 11.4. The van der Waals surface area contributed by atoms with E-state index in [2.05, 4.69) is 20.8 Å². The van der Waals surface area contributed by atoms with Crippen molar-refractivity contribution in [1.82, 2.24) is 25.1 Å². The molecule has 0 bridgehead atoms. The molecule has 8 heteroatoms. The molecule has 0 spiro atoms. The van der Waals surface area contributed by atoms with Gasteiger partial charge in [-0.05, 0) is 34.7 Å². The monoisotopic (exact) mass is 286 g/mol. The highest BCUT2D eigenvalue weighted by molar-refractivity contribution is 5.97. The van der Waals surface area contributed by atoms with E-state index in [4.69, 9.17) is 0 Å². The minimum atomic E-state index is -0.290. The molecular formula is C13H14N6O2. The van der Waals surface area contributed by atoms with Gasteiger partial charge in [-0.1, -0.05) is 0 Å². The van der Waals surface area contributed by atoms with E-state index in [0.717, 1.165) is 5.69 Å². The predicted octanol–water partition coefficient (Wildman–Crippen LogP) is 0.0791. The van der Waals surface area contributed by atoms with Crippen LogP contribution in [-0.4, -0.2) is 50.5 Å². The van der Waals surface area contributed by atoms with E-state index in [-0.39, 0.29) is 24.2 Å². The molecule has 0 aliphatic carbocycles. The number of anilines is 1. The third-order valence-electron chi connectivity index (χ3n) is 3.46. The number of carbonyl (C=O) groups excluding carboxylic acids is 2. The minimum absolute atomic E-state index is 0.00387. The van der Waals surface area contributed by atoms with Crippen molar-refractivity contribution in [2.24, 2.45) is 5.92 Å². The molecule has 108 valence electrons. The molecule has 2 aromatic rings. The topological polar surface area (TPSA) is 93.0 Å². The van der Waals surface area contributed by atoms with Crippen LogP contribution in [0.5, 0.6) is 0 Å². The molecule has 0 radical (unpaired) electrons. The number of tetrazole rings is 1. The fraction of sp³-hybridized carbons (Fsp3) is 0.308. The number of amides is 2. The van der Waals surface area contributed by atoms with Crippen molar-refractivity contribution in [3.05, 3.63) is 30.6 Å². The maximum absolute atomic E-state index is 12.1. The molecule has 21 heavy (non-hydrogen) atoms. The van der Waals surface area contributed by atoms with Crippen LogP contribution in [0.2, 0.25) is 0 Å². The molecule has 8 nitrogen and oxygen atoms in total. The van der Waals surface area contributed by atoms with Crippen LogP contribution >= 0.6 is 0 Å². The van der Waals surface area contributed by atoms with E-state index in [0.29, 0.717) is 12.2 Å². The van der Waals surface area contributed by atoms with Gasteiger partial charge in [-0.25, -0.2) is 4.68 Å². The summed E-state index contributed by atoms with van der Waals surface area (Å²) in [4.78, 5) is 25.1. The average molecular weight is 286 g/mol. The fourth-order valence-electron chi connectivity index (χ4n) is 2.26. The lowest BCUT2D eigenvalue weighted by molar-refractivity contribution is -0.127. The van der Waals surface area contributed by atoms with E-state index in [1.165, 1.54) is 11.0 Å². The van der Waals surface area contributed by atoms with Crippen LogP contribution in [0, 0.1) is 5.92 Å². The summed E-state index contributed by atoms with van der Waals surface area (Å²) >= 11 is 0. The predicted molar refractivity (Wildman–Crippen MR) is 73.5 cm³/mol. The number of rotatable bonds is 3. The van der Waals surface area contributed by atoms with Gasteiger partial charge in [0.2, 0.25) is 11.8 Å². The summed E-state index contributed by atoms with van der Waals surface area (Å²) in [5, 5.41) is 13.7. The highest BCUT2D eigenvalue weighted by Crippen LogP contribution is 2.19. The maximum atomic E-state index is 12.1. The lowest BCUT2D eigenvalue weighted by Crippen LogP contribution is -2.25. The first kappa shape index (κ1) is 13.2. The molecule has 1 atom stereocenters. The van der Waals surface area contributed by atoms with Crippen molar-refractivity contribution in [3.8, 4) is 5.69 Å². The van der Waals surface area contributed by atoms with E-state index in [9.17, 15) is 9.59 Å². The Morgan fingerprint density at radius 2 is 2.10 bits per heavy atom. The number of hydrogen-bond acceptors (Lipinski definition) is 5. The van der Waals surface area contributed by atoms with Gasteiger partial charge in [-0.3, -0.25) is 9.59 Å². The number of nitrogens with one attached hydrogen (secondary N) is 1. The van der Waals surface area contributed by atoms with Gasteiger partial charge in [0.15, 0.2) is 0 Å². The number of hydrogen-bond donors (Lipinski definition) is 1. The zero-order chi connectivity index (χ0) is 14.8. The number of benzene rings is 1. The highest BCUT2D eigenvalue weighted by atomic mass is 16.2. The summed E-state index contributed by atoms with van der Waals surface area (Å²) in [5.41, 5.74) is 1.48. The molecular weight excluding hydrogens is 272 g/mol. The Hall–Kier alpha value is -2.77. The Balaban J connectivity index is 1.65. The second-order valence-electron chi connectivity index (χ2n) is 4.97. The molecule has 1 saturated heterocycles. The number of likely N-dealkylation sites (tertiary alicyclic amines) is 1. The van der Waals surface area contributed by atoms with Crippen molar-refractivity contribution in [1.29, 1.82) is 0 Å². The van der Waals surface area contributed by atoms with E-state index < -0.39 is 0 Å². The summed E-state index contributed by atoms with van der Waals surface area (Å²) in [6.45, 7) is 0.466. The van der Waals surface area contributed by atoms with Gasteiger partial charge in [-0.15, -0.1) is 5.10 Å². The molecule has 0 saturated carbocycles. The van der Waals surface area contributed by atoms with Crippen LogP contribution in [0.1, 0.15) is 6.42 Å². The van der Waals surface area contributed by atoms with E-state index in [1.54, 1.807) is 36.2 Å². The van der Waals surface area contributed by atoms with Crippen LogP contribution in [-0.2, 0) is 9.59 Å². The van der Waals surface area contributed by atoms with Gasteiger partial charge in [0.05, 0.1) is 11.6 Å². The van der Waals surface area contributed by atoms with Gasteiger partial charge in [-0.2, -0.15) is 0 Å². The quantitative estimate of drug-likeness (QED) is 0.862. The van der Waals surface area contributed by atoms with Gasteiger partial charge < -0.3 is 10.2 Å². The lowest BCUT2D eigenvalue weighted by atomic mass is 10.1. The van der Waals surface area contributed by atoms with Crippen LogP contribution < -0.4 is 5.32 Å². The summed E-state index contributed by atoms with van der Waals surface area (Å²) in [6, 6.07) is 7.15. The average Bonchev–Trinajstić information content (AvgIpc) is 3.11. The van der Waals surface area contributed by atoms with Crippen LogP contribution in [0.4, 0.5) is 5.69 Å². The Morgan fingerprint density at radius 3 is 2.67 bits per heavy atom. The second kappa shape index (κ2) is 5.31. The summed E-state index contributed by atoms with van der Waals surface area (Å²) < 4.78 is 1.52. The highest BCUT2D eigenvalue weighted by Gasteiger charge is 2.32. The number of nitrogens with zero attached hydrogens (tertiary/aromatic N) is 5. The zero-order valence-electron chi connectivity index (χ0n) is 11.4. The van der Waals surface area contributed by atoms with Crippen LogP contribution in [0.3, 0.4) is 0 Å². The molecule has 1 N–H and O–H groups in total. The number of carbonyl (C=O) groups is 2. The molecule has 1 fully saturated rings. The molecule has 1 aromatic carbocycles. The van der Waals surface area contributed by atoms with E-state index in [1.807, 2.05) is 0 Å².